The summed E-state index contributed by atoms with van der Waals surface area (Å²) in [5.74, 6) is -2.75. The molecule has 1 aromatic rings. The molecule has 0 saturated carbocycles. The number of hydrogen-bond acceptors (Lipinski definition) is 6. The van der Waals surface area contributed by atoms with Gasteiger partial charge in [0.1, 0.15) is 11.5 Å². The highest BCUT2D eigenvalue weighted by Gasteiger charge is 2.56. The van der Waals surface area contributed by atoms with Crippen LogP contribution >= 0.6 is 0 Å². The lowest BCUT2D eigenvalue weighted by molar-refractivity contribution is -0.139. The number of imide groups is 1. The number of nitrogens with zero attached hydrogens (tertiary/aromatic N) is 1. The second kappa shape index (κ2) is 7.54. The molecule has 170 valence electrons. The molecule has 5 rings (SSSR count). The van der Waals surface area contributed by atoms with Crippen molar-refractivity contribution >= 4 is 23.4 Å². The number of allylic oxidation sites excluding steroid dienone is 6. The Balaban J connectivity index is 1.75. The number of carbonyl (C=O) groups is 4. The van der Waals surface area contributed by atoms with Crippen molar-refractivity contribution in [2.45, 2.75) is 32.6 Å². The third-order valence-corrected chi connectivity index (χ3v) is 7.52. The molecule has 1 aliphatic heterocycles. The molecule has 1 fully saturated rings. The summed E-state index contributed by atoms with van der Waals surface area (Å²) in [6.07, 6.45) is 3.88. The summed E-state index contributed by atoms with van der Waals surface area (Å²) >= 11 is 0. The van der Waals surface area contributed by atoms with E-state index in [-0.39, 0.29) is 35.6 Å². The number of phenols is 1. The van der Waals surface area contributed by atoms with Crippen molar-refractivity contribution in [3.05, 3.63) is 58.2 Å². The van der Waals surface area contributed by atoms with E-state index in [1.165, 1.54) is 24.2 Å². The number of fused-ring (bicyclic) bond motifs is 3. The molecular weight excluding hydrogens is 422 g/mol. The number of carbonyl (C=O) groups excluding carboxylic acids is 4. The first-order valence-corrected chi connectivity index (χ1v) is 11.2. The quantitative estimate of drug-likeness (QED) is 0.434. The van der Waals surface area contributed by atoms with Crippen LogP contribution in [0.1, 0.15) is 38.2 Å². The van der Waals surface area contributed by atoms with Gasteiger partial charge in [-0.05, 0) is 50.8 Å². The Bertz CT molecular complexity index is 1220. The van der Waals surface area contributed by atoms with Crippen molar-refractivity contribution in [1.29, 1.82) is 0 Å². The Hall–Kier alpha value is -3.48. The van der Waals surface area contributed by atoms with Gasteiger partial charge < -0.3 is 9.84 Å². The number of methoxy groups -OCH3 is 1. The molecule has 4 unspecified atom stereocenters. The summed E-state index contributed by atoms with van der Waals surface area (Å²) in [6.45, 7) is 3.68. The lowest BCUT2D eigenvalue weighted by Gasteiger charge is -2.42. The van der Waals surface area contributed by atoms with Gasteiger partial charge in [0, 0.05) is 34.7 Å². The van der Waals surface area contributed by atoms with E-state index in [1.807, 2.05) is 6.08 Å². The monoisotopic (exact) mass is 447 g/mol. The lowest BCUT2D eigenvalue weighted by atomic mass is 9.59. The average molecular weight is 447 g/mol. The molecule has 1 saturated heterocycles. The van der Waals surface area contributed by atoms with Crippen molar-refractivity contribution < 1.29 is 29.0 Å². The van der Waals surface area contributed by atoms with E-state index in [1.54, 1.807) is 26.0 Å². The molecule has 33 heavy (non-hydrogen) atoms. The van der Waals surface area contributed by atoms with Crippen LogP contribution in [-0.2, 0) is 19.2 Å². The Morgan fingerprint density at radius 1 is 1.12 bits per heavy atom. The van der Waals surface area contributed by atoms with Crippen molar-refractivity contribution in [2.24, 2.45) is 17.8 Å². The van der Waals surface area contributed by atoms with Crippen LogP contribution in [0.25, 0.3) is 0 Å². The molecule has 7 nitrogen and oxygen atoms in total. The molecular formula is C26H25NO6. The summed E-state index contributed by atoms with van der Waals surface area (Å²) < 4.78 is 5.53. The van der Waals surface area contributed by atoms with Crippen LogP contribution in [0.5, 0.6) is 11.5 Å². The van der Waals surface area contributed by atoms with Gasteiger partial charge in [0.2, 0.25) is 11.8 Å². The second-order valence-corrected chi connectivity index (χ2v) is 9.04. The van der Waals surface area contributed by atoms with Gasteiger partial charge in [-0.3, -0.25) is 24.1 Å². The van der Waals surface area contributed by atoms with E-state index in [9.17, 15) is 24.3 Å². The minimum Gasteiger partial charge on any atom is -0.507 e. The van der Waals surface area contributed by atoms with E-state index in [0.717, 1.165) is 5.57 Å². The number of hydrogen-bond donors (Lipinski definition) is 1. The molecule has 7 heteroatoms. The van der Waals surface area contributed by atoms with Gasteiger partial charge in [0.15, 0.2) is 11.6 Å². The molecule has 0 aromatic heterocycles. The third-order valence-electron chi connectivity index (χ3n) is 7.52. The molecule has 4 aliphatic rings. The third kappa shape index (κ3) is 2.88. The minimum atomic E-state index is -0.727. The lowest BCUT2D eigenvalue weighted by Crippen LogP contribution is -2.39. The number of likely N-dealkylation sites (tertiary alicyclic amines) is 1. The van der Waals surface area contributed by atoms with Crippen LogP contribution in [0.4, 0.5) is 0 Å². The zero-order chi connectivity index (χ0) is 23.6. The van der Waals surface area contributed by atoms with Gasteiger partial charge in [-0.15, -0.1) is 0 Å². The first-order chi connectivity index (χ1) is 15.8. The van der Waals surface area contributed by atoms with Crippen molar-refractivity contribution in [3.63, 3.8) is 0 Å². The number of ketones is 2. The predicted octanol–water partition coefficient (Wildman–Crippen LogP) is 2.85. The van der Waals surface area contributed by atoms with E-state index in [0.29, 0.717) is 41.0 Å². The van der Waals surface area contributed by atoms with Crippen LogP contribution in [0.3, 0.4) is 0 Å². The van der Waals surface area contributed by atoms with Crippen molar-refractivity contribution in [2.75, 3.05) is 13.7 Å². The normalized spacial score (nSPS) is 28.9. The molecule has 0 radical (unpaired) electrons. The Kier molecular flexibility index (Phi) is 4.88. The van der Waals surface area contributed by atoms with Crippen LogP contribution in [0.2, 0.25) is 0 Å². The summed E-state index contributed by atoms with van der Waals surface area (Å²) in [7, 11) is 1.48. The molecule has 4 atom stereocenters. The van der Waals surface area contributed by atoms with E-state index >= 15 is 0 Å². The van der Waals surface area contributed by atoms with Gasteiger partial charge in [-0.25, -0.2) is 0 Å². The SMILES string of the molecule is CCN1C(=O)C2CC=C3C(c4c(O)cccc4OC)C4=C(CC3C2C1=O)C(=O)C(C)=CC4=O. The highest BCUT2D eigenvalue weighted by Crippen LogP contribution is 2.57. The predicted molar refractivity (Wildman–Crippen MR) is 118 cm³/mol. The van der Waals surface area contributed by atoms with Gasteiger partial charge in [-0.2, -0.15) is 0 Å². The fourth-order valence-electron chi connectivity index (χ4n) is 6.09. The summed E-state index contributed by atoms with van der Waals surface area (Å²) in [5, 5.41) is 10.9. The maximum Gasteiger partial charge on any atom is 0.233 e. The molecule has 1 aromatic carbocycles. The highest BCUT2D eigenvalue weighted by atomic mass is 16.5. The molecule has 3 aliphatic carbocycles. The number of ether oxygens (including phenoxy) is 1. The maximum absolute atomic E-state index is 13.3. The first-order valence-electron chi connectivity index (χ1n) is 11.2. The van der Waals surface area contributed by atoms with Gasteiger partial charge in [0.05, 0.1) is 18.9 Å². The topological polar surface area (TPSA) is 101 Å². The standard InChI is InChI=1S/C26H25NO6/c1-4-27-25(31)14-9-8-13-15(20(14)26(27)32)11-16-21(18(29)10-12(2)24(16)30)22(13)23-17(28)6-5-7-19(23)33-3/h5-8,10,14-15,20,22,28H,4,9,11H2,1-3H3. The number of benzene rings is 1. The molecule has 1 heterocycles. The van der Waals surface area contributed by atoms with Gasteiger partial charge in [0.25, 0.3) is 0 Å². The van der Waals surface area contributed by atoms with E-state index in [2.05, 4.69) is 0 Å². The Labute approximate surface area is 191 Å². The van der Waals surface area contributed by atoms with Crippen LogP contribution < -0.4 is 4.74 Å². The van der Waals surface area contributed by atoms with Crippen LogP contribution in [-0.4, -0.2) is 47.0 Å². The minimum absolute atomic E-state index is 0.0505. The largest absolute Gasteiger partial charge is 0.507 e. The fourth-order valence-corrected chi connectivity index (χ4v) is 6.09. The second-order valence-electron chi connectivity index (χ2n) is 9.04. The van der Waals surface area contributed by atoms with Crippen molar-refractivity contribution in [3.8, 4) is 11.5 Å². The molecule has 2 amide bonds. The number of rotatable bonds is 3. The van der Waals surface area contributed by atoms with E-state index < -0.39 is 23.7 Å². The van der Waals surface area contributed by atoms with Crippen molar-refractivity contribution in [1.82, 2.24) is 4.90 Å². The smallest absolute Gasteiger partial charge is 0.233 e. The Morgan fingerprint density at radius 2 is 1.88 bits per heavy atom. The maximum atomic E-state index is 13.3. The molecule has 0 bridgehead atoms. The first kappa shape index (κ1) is 21.4. The number of phenolic OH excluding ortho intramolecular Hbond substituents is 1. The zero-order valence-electron chi connectivity index (χ0n) is 18.8. The van der Waals surface area contributed by atoms with Gasteiger partial charge >= 0.3 is 0 Å². The van der Waals surface area contributed by atoms with Gasteiger partial charge in [-0.1, -0.05) is 17.7 Å². The van der Waals surface area contributed by atoms with E-state index in [4.69, 9.17) is 4.74 Å². The van der Waals surface area contributed by atoms with Crippen LogP contribution in [0.15, 0.2) is 52.6 Å². The summed E-state index contributed by atoms with van der Waals surface area (Å²) in [6, 6.07) is 4.87. The average Bonchev–Trinajstić information content (AvgIpc) is 3.05. The molecule has 1 N–H and O–H groups in total. The number of amides is 2. The highest BCUT2D eigenvalue weighted by molar-refractivity contribution is 6.23. The van der Waals surface area contributed by atoms with Crippen LogP contribution in [0, 0.1) is 17.8 Å². The summed E-state index contributed by atoms with van der Waals surface area (Å²) in [5.41, 5.74) is 2.25. The number of aromatic hydroxyl groups is 1. The zero-order valence-corrected chi connectivity index (χ0v) is 18.8. The fraction of sp³-hybridized carbons (Fsp3) is 0.385. The molecule has 0 spiro atoms. The number of Topliss-reactive ketones (excluding diaryl/α,β-unsaturated/α-hetero) is 1. The Morgan fingerprint density at radius 3 is 2.58 bits per heavy atom. The summed E-state index contributed by atoms with van der Waals surface area (Å²) in [4.78, 5) is 53.9.